The van der Waals surface area contributed by atoms with E-state index < -0.39 is 5.54 Å². The summed E-state index contributed by atoms with van der Waals surface area (Å²) in [4.78, 5) is 12.0. The van der Waals surface area contributed by atoms with E-state index in [9.17, 15) is 4.79 Å². The molecule has 0 radical (unpaired) electrons. The molecule has 1 aliphatic rings. The second-order valence-corrected chi connectivity index (χ2v) is 6.08. The van der Waals surface area contributed by atoms with Crippen molar-refractivity contribution >= 4 is 11.6 Å². The van der Waals surface area contributed by atoms with Gasteiger partial charge in [-0.1, -0.05) is 32.0 Å². The summed E-state index contributed by atoms with van der Waals surface area (Å²) in [6, 6.07) is 8.05. The lowest BCUT2D eigenvalue weighted by Crippen LogP contribution is -2.54. The number of amides is 1. The molecule has 0 aliphatic heterocycles. The maximum absolute atomic E-state index is 12.0. The fourth-order valence-corrected chi connectivity index (χ4v) is 2.98. The minimum Gasteiger partial charge on any atom is -0.371 e. The van der Waals surface area contributed by atoms with Crippen LogP contribution in [0.4, 0.5) is 5.69 Å². The number of hydrogen-bond acceptors (Lipinski definition) is 2. The van der Waals surface area contributed by atoms with Crippen LogP contribution in [-0.2, 0) is 4.79 Å². The molecule has 0 bridgehead atoms. The van der Waals surface area contributed by atoms with Crippen molar-refractivity contribution < 1.29 is 4.79 Å². The van der Waals surface area contributed by atoms with Gasteiger partial charge in [-0.25, -0.2) is 0 Å². The maximum Gasteiger partial charge on any atom is 0.243 e. The monoisotopic (exact) mass is 260 g/mol. The number of anilines is 1. The van der Waals surface area contributed by atoms with E-state index in [0.29, 0.717) is 11.8 Å². The molecular formula is C16H24N2O. The van der Waals surface area contributed by atoms with E-state index in [1.165, 1.54) is 0 Å². The molecule has 1 aromatic rings. The third-order valence-corrected chi connectivity index (χ3v) is 4.66. The molecule has 0 spiro atoms. The molecule has 0 saturated heterocycles. The minimum absolute atomic E-state index is 0.227. The van der Waals surface area contributed by atoms with Crippen LogP contribution in [0.1, 0.15) is 38.7 Å². The van der Waals surface area contributed by atoms with E-state index in [1.54, 1.807) is 0 Å². The van der Waals surface area contributed by atoms with Crippen LogP contribution in [0.15, 0.2) is 24.3 Å². The Morgan fingerprint density at radius 3 is 2.58 bits per heavy atom. The lowest BCUT2D eigenvalue weighted by atomic mass is 9.70. The Balaban J connectivity index is 2.26. The molecular weight excluding hydrogens is 236 g/mol. The molecule has 1 aliphatic carbocycles. The maximum atomic E-state index is 12.0. The Bertz CT molecular complexity index is 472. The predicted octanol–water partition coefficient (Wildman–Crippen LogP) is 3.09. The van der Waals surface area contributed by atoms with Crippen LogP contribution >= 0.6 is 0 Å². The fourth-order valence-electron chi connectivity index (χ4n) is 2.98. The third kappa shape index (κ3) is 2.75. The van der Waals surface area contributed by atoms with E-state index >= 15 is 0 Å². The van der Waals surface area contributed by atoms with Crippen molar-refractivity contribution in [1.29, 1.82) is 0 Å². The average molecular weight is 260 g/mol. The second kappa shape index (κ2) is 5.24. The van der Waals surface area contributed by atoms with Crippen LogP contribution in [0.25, 0.3) is 0 Å². The van der Waals surface area contributed by atoms with Crippen molar-refractivity contribution in [3.63, 3.8) is 0 Å². The summed E-state index contributed by atoms with van der Waals surface area (Å²) < 4.78 is 0. The molecule has 1 fully saturated rings. The zero-order valence-electron chi connectivity index (χ0n) is 12.1. The van der Waals surface area contributed by atoms with Gasteiger partial charge in [-0.3, -0.25) is 4.79 Å². The summed E-state index contributed by atoms with van der Waals surface area (Å²) >= 11 is 0. The highest BCUT2D eigenvalue weighted by atomic mass is 16.1. The number of hydrogen-bond donors (Lipinski definition) is 2. The van der Waals surface area contributed by atoms with Crippen LogP contribution < -0.4 is 11.1 Å². The number of nitrogens with two attached hydrogens (primary N) is 1. The smallest absolute Gasteiger partial charge is 0.243 e. The van der Waals surface area contributed by atoms with Crippen LogP contribution in [0.2, 0.25) is 0 Å². The van der Waals surface area contributed by atoms with Crippen LogP contribution in [0, 0.1) is 18.8 Å². The minimum atomic E-state index is -0.585. The molecule has 1 aromatic carbocycles. The highest BCUT2D eigenvalue weighted by Gasteiger charge is 2.42. The summed E-state index contributed by atoms with van der Waals surface area (Å²) in [6.07, 6.45) is 2.68. The number of carbonyl (C=O) groups excluding carboxylic acids is 1. The van der Waals surface area contributed by atoms with Gasteiger partial charge in [-0.15, -0.1) is 0 Å². The standard InChI is InChI=1S/C16H24N2O/c1-11-8-9-16(15(17)19,10-13(11)3)18-14-7-5-4-6-12(14)2/h4-7,11,13,18H,8-10H2,1-3H3,(H2,17,19). The topological polar surface area (TPSA) is 55.1 Å². The molecule has 1 saturated carbocycles. The van der Waals surface area contributed by atoms with Gasteiger partial charge in [0.15, 0.2) is 0 Å². The summed E-state index contributed by atoms with van der Waals surface area (Å²) in [7, 11) is 0. The van der Waals surface area contributed by atoms with Gasteiger partial charge >= 0.3 is 0 Å². The molecule has 3 heteroatoms. The average Bonchev–Trinajstić information content (AvgIpc) is 2.36. The van der Waals surface area contributed by atoms with E-state index in [-0.39, 0.29) is 5.91 Å². The van der Waals surface area contributed by atoms with Crippen LogP contribution in [0.5, 0.6) is 0 Å². The van der Waals surface area contributed by atoms with E-state index in [4.69, 9.17) is 5.73 Å². The first-order valence-corrected chi connectivity index (χ1v) is 7.08. The zero-order valence-corrected chi connectivity index (χ0v) is 12.1. The number of aryl methyl sites for hydroxylation is 1. The van der Waals surface area contributed by atoms with Gasteiger partial charge < -0.3 is 11.1 Å². The quantitative estimate of drug-likeness (QED) is 0.877. The first-order valence-electron chi connectivity index (χ1n) is 7.08. The first kappa shape index (κ1) is 13.9. The van der Waals surface area contributed by atoms with E-state index in [1.807, 2.05) is 31.2 Å². The summed E-state index contributed by atoms with van der Waals surface area (Å²) in [5.41, 5.74) is 7.29. The molecule has 0 heterocycles. The van der Waals surface area contributed by atoms with Crippen molar-refractivity contribution in [3.05, 3.63) is 29.8 Å². The third-order valence-electron chi connectivity index (χ3n) is 4.66. The Hall–Kier alpha value is -1.51. The van der Waals surface area contributed by atoms with Crippen molar-refractivity contribution in [3.8, 4) is 0 Å². The molecule has 3 atom stereocenters. The fraction of sp³-hybridized carbons (Fsp3) is 0.562. The highest BCUT2D eigenvalue weighted by Crippen LogP contribution is 2.38. The second-order valence-electron chi connectivity index (χ2n) is 6.08. The number of para-hydroxylation sites is 1. The first-order chi connectivity index (χ1) is 8.94. The van der Waals surface area contributed by atoms with Crippen molar-refractivity contribution in [1.82, 2.24) is 0 Å². The zero-order chi connectivity index (χ0) is 14.0. The summed E-state index contributed by atoms with van der Waals surface area (Å²) in [5, 5.41) is 3.44. The van der Waals surface area contributed by atoms with Crippen molar-refractivity contribution in [2.75, 3.05) is 5.32 Å². The van der Waals surface area contributed by atoms with Gasteiger partial charge in [0.1, 0.15) is 5.54 Å². The highest BCUT2D eigenvalue weighted by molar-refractivity contribution is 5.88. The number of nitrogens with one attached hydrogen (secondary N) is 1. The molecule has 3 N–H and O–H groups in total. The normalized spacial score (nSPS) is 30.9. The molecule has 19 heavy (non-hydrogen) atoms. The molecule has 2 rings (SSSR count). The summed E-state index contributed by atoms with van der Waals surface area (Å²) in [6.45, 7) is 6.51. The van der Waals surface area contributed by atoms with E-state index in [0.717, 1.165) is 30.5 Å². The van der Waals surface area contributed by atoms with Gasteiger partial charge in [0, 0.05) is 5.69 Å². The van der Waals surface area contributed by atoms with Gasteiger partial charge in [-0.2, -0.15) is 0 Å². The summed E-state index contributed by atoms with van der Waals surface area (Å²) in [5.74, 6) is 0.943. The Kier molecular flexibility index (Phi) is 3.83. The molecule has 1 amide bonds. The molecule has 0 aromatic heterocycles. The Morgan fingerprint density at radius 1 is 1.32 bits per heavy atom. The lowest BCUT2D eigenvalue weighted by molar-refractivity contribution is -0.124. The number of primary amides is 1. The molecule has 3 unspecified atom stereocenters. The van der Waals surface area contributed by atoms with Crippen molar-refractivity contribution in [2.24, 2.45) is 17.6 Å². The number of carbonyl (C=O) groups is 1. The lowest BCUT2D eigenvalue weighted by Gasteiger charge is -2.42. The van der Waals surface area contributed by atoms with Crippen molar-refractivity contribution in [2.45, 2.75) is 45.6 Å². The largest absolute Gasteiger partial charge is 0.371 e. The predicted molar refractivity (Wildman–Crippen MR) is 78.9 cm³/mol. The molecule has 3 nitrogen and oxygen atoms in total. The Labute approximate surface area is 115 Å². The number of rotatable bonds is 3. The van der Waals surface area contributed by atoms with E-state index in [2.05, 4.69) is 19.2 Å². The van der Waals surface area contributed by atoms with Crippen LogP contribution in [-0.4, -0.2) is 11.4 Å². The van der Waals surface area contributed by atoms with Crippen LogP contribution in [0.3, 0.4) is 0 Å². The van der Waals surface area contributed by atoms with Gasteiger partial charge in [0.2, 0.25) is 5.91 Å². The van der Waals surface area contributed by atoms with Gasteiger partial charge in [0.05, 0.1) is 0 Å². The number of benzene rings is 1. The Morgan fingerprint density at radius 2 is 2.00 bits per heavy atom. The van der Waals surface area contributed by atoms with Gasteiger partial charge in [-0.05, 0) is 49.7 Å². The van der Waals surface area contributed by atoms with Gasteiger partial charge in [0.25, 0.3) is 0 Å². The molecule has 104 valence electrons. The SMILES string of the molecule is Cc1ccccc1NC1(C(N)=O)CCC(C)C(C)C1.